The van der Waals surface area contributed by atoms with Crippen molar-refractivity contribution in [3.05, 3.63) is 47.0 Å². The van der Waals surface area contributed by atoms with Gasteiger partial charge in [-0.25, -0.2) is 9.59 Å². The first-order valence-corrected chi connectivity index (χ1v) is 11.2. The lowest BCUT2D eigenvalue weighted by molar-refractivity contribution is -0.193. The highest BCUT2D eigenvalue weighted by molar-refractivity contribution is 5.94. The Labute approximate surface area is 212 Å². The van der Waals surface area contributed by atoms with Crippen LogP contribution in [-0.2, 0) is 36.1 Å². The molecular formula is C22H25F6N5O5. The fourth-order valence-corrected chi connectivity index (χ4v) is 3.75. The molecule has 2 aromatic rings. The molecule has 210 valence electrons. The number of pyridine rings is 1. The monoisotopic (exact) mass is 553 g/mol. The van der Waals surface area contributed by atoms with Crippen molar-refractivity contribution in [2.45, 2.75) is 44.7 Å². The smallest absolute Gasteiger partial charge is 0.475 e. The standard InChI is InChI=1S/C18H23N5O.2C2HF3O2/c1-21-16-13-22(12-14-4-7-19-8-5-14)11-6-15(16)17(20-21)18(24)23-9-2-3-10-23;2*3-2(4,5)1(6)7/h4-5,7-8H,2-3,6,9-13H2,1H3;2*(H,6,7). The van der Waals surface area contributed by atoms with Crippen LogP contribution in [0.1, 0.15) is 40.2 Å². The summed E-state index contributed by atoms with van der Waals surface area (Å²) in [5.74, 6) is -5.40. The SMILES string of the molecule is Cn1nc(C(=O)N2CCCC2)c2c1CN(Cc1ccncc1)CC2.O=C(O)C(F)(F)F.O=C(O)C(F)(F)F. The molecule has 0 saturated carbocycles. The zero-order valence-corrected chi connectivity index (χ0v) is 20.1. The van der Waals surface area contributed by atoms with E-state index in [0.29, 0.717) is 5.69 Å². The van der Waals surface area contributed by atoms with Crippen LogP contribution in [0.15, 0.2) is 24.5 Å². The molecule has 4 heterocycles. The van der Waals surface area contributed by atoms with E-state index in [1.54, 1.807) is 0 Å². The van der Waals surface area contributed by atoms with Gasteiger partial charge in [0.15, 0.2) is 5.69 Å². The number of fused-ring (bicyclic) bond motifs is 1. The fourth-order valence-electron chi connectivity index (χ4n) is 3.75. The quantitative estimate of drug-likeness (QED) is 0.556. The lowest BCUT2D eigenvalue weighted by Gasteiger charge is -2.27. The molecule has 16 heteroatoms. The summed E-state index contributed by atoms with van der Waals surface area (Å²) >= 11 is 0. The highest BCUT2D eigenvalue weighted by Gasteiger charge is 2.39. The Morgan fingerprint density at radius 3 is 1.89 bits per heavy atom. The number of aromatic nitrogens is 3. The second kappa shape index (κ2) is 12.7. The third-order valence-corrected chi connectivity index (χ3v) is 5.56. The predicted octanol–water partition coefficient (Wildman–Crippen LogP) is 2.88. The van der Waals surface area contributed by atoms with Gasteiger partial charge in [0.1, 0.15) is 0 Å². The summed E-state index contributed by atoms with van der Waals surface area (Å²) in [6, 6.07) is 4.11. The van der Waals surface area contributed by atoms with Crippen molar-refractivity contribution in [3.63, 3.8) is 0 Å². The topological polar surface area (TPSA) is 129 Å². The van der Waals surface area contributed by atoms with Gasteiger partial charge in [-0.05, 0) is 37.0 Å². The number of likely N-dealkylation sites (tertiary alicyclic amines) is 1. The second-order valence-electron chi connectivity index (χ2n) is 8.32. The van der Waals surface area contributed by atoms with E-state index in [2.05, 4.69) is 27.1 Å². The maximum Gasteiger partial charge on any atom is 0.490 e. The van der Waals surface area contributed by atoms with Crippen LogP contribution < -0.4 is 0 Å². The average molecular weight is 553 g/mol. The number of hydrogen-bond donors (Lipinski definition) is 2. The Morgan fingerprint density at radius 1 is 0.921 bits per heavy atom. The van der Waals surface area contributed by atoms with Crippen LogP contribution in [0.2, 0.25) is 0 Å². The lowest BCUT2D eigenvalue weighted by Crippen LogP contribution is -2.32. The highest BCUT2D eigenvalue weighted by atomic mass is 19.4. The molecule has 2 aliphatic rings. The Bertz CT molecular complexity index is 1090. The molecule has 0 unspecified atom stereocenters. The third kappa shape index (κ3) is 8.71. The van der Waals surface area contributed by atoms with E-state index in [1.165, 1.54) is 11.3 Å². The van der Waals surface area contributed by atoms with Gasteiger partial charge in [-0.2, -0.15) is 31.4 Å². The van der Waals surface area contributed by atoms with Gasteiger partial charge in [-0.3, -0.25) is 19.4 Å². The summed E-state index contributed by atoms with van der Waals surface area (Å²) in [7, 11) is 1.95. The normalized spacial score (nSPS) is 15.5. The minimum Gasteiger partial charge on any atom is -0.475 e. The molecule has 0 bridgehead atoms. The first kappa shape index (κ1) is 30.5. The number of hydrogen-bond acceptors (Lipinski definition) is 6. The first-order valence-electron chi connectivity index (χ1n) is 11.2. The van der Waals surface area contributed by atoms with Crippen molar-refractivity contribution in [3.8, 4) is 0 Å². The summed E-state index contributed by atoms with van der Waals surface area (Å²) in [6.45, 7) is 4.45. The molecule has 1 amide bonds. The molecule has 0 aliphatic carbocycles. The van der Waals surface area contributed by atoms with Gasteiger partial charge in [-0.1, -0.05) is 0 Å². The van der Waals surface area contributed by atoms with Crippen molar-refractivity contribution >= 4 is 17.8 Å². The van der Waals surface area contributed by atoms with Crippen molar-refractivity contribution in [2.75, 3.05) is 19.6 Å². The highest BCUT2D eigenvalue weighted by Crippen LogP contribution is 2.25. The van der Waals surface area contributed by atoms with Crippen molar-refractivity contribution in [1.82, 2.24) is 24.6 Å². The van der Waals surface area contributed by atoms with E-state index in [-0.39, 0.29) is 5.91 Å². The van der Waals surface area contributed by atoms with Crippen LogP contribution >= 0.6 is 0 Å². The number of rotatable bonds is 3. The molecule has 0 atom stereocenters. The van der Waals surface area contributed by atoms with Gasteiger partial charge < -0.3 is 15.1 Å². The summed E-state index contributed by atoms with van der Waals surface area (Å²) in [5, 5.41) is 18.8. The van der Waals surface area contributed by atoms with Crippen LogP contribution in [0.5, 0.6) is 0 Å². The van der Waals surface area contributed by atoms with Gasteiger partial charge in [0.25, 0.3) is 5.91 Å². The molecular weight excluding hydrogens is 528 g/mol. The average Bonchev–Trinajstić information content (AvgIpc) is 3.48. The minimum absolute atomic E-state index is 0.118. The van der Waals surface area contributed by atoms with Crippen LogP contribution in [0.25, 0.3) is 0 Å². The Morgan fingerprint density at radius 2 is 1.42 bits per heavy atom. The molecule has 38 heavy (non-hydrogen) atoms. The Kier molecular flexibility index (Phi) is 10.2. The molecule has 10 nitrogen and oxygen atoms in total. The molecule has 1 fully saturated rings. The number of aliphatic carboxylic acids is 2. The number of amides is 1. The molecule has 0 spiro atoms. The van der Waals surface area contributed by atoms with Crippen LogP contribution in [-0.4, -0.2) is 84.6 Å². The van der Waals surface area contributed by atoms with E-state index in [4.69, 9.17) is 19.8 Å². The molecule has 4 rings (SSSR count). The Hall–Kier alpha value is -3.69. The zero-order valence-electron chi connectivity index (χ0n) is 20.1. The van der Waals surface area contributed by atoms with Crippen molar-refractivity contribution < 1.29 is 50.9 Å². The van der Waals surface area contributed by atoms with Gasteiger partial charge in [0.2, 0.25) is 0 Å². The number of alkyl halides is 6. The number of halogens is 6. The molecule has 0 aromatic carbocycles. The number of aryl methyl sites for hydroxylation is 1. The summed E-state index contributed by atoms with van der Waals surface area (Å²) in [4.78, 5) is 39.0. The van der Waals surface area contributed by atoms with Gasteiger partial charge in [0.05, 0.1) is 5.69 Å². The van der Waals surface area contributed by atoms with Crippen molar-refractivity contribution in [1.29, 1.82) is 0 Å². The number of carboxylic acids is 2. The van der Waals surface area contributed by atoms with E-state index in [0.717, 1.165) is 57.5 Å². The van der Waals surface area contributed by atoms with Crippen LogP contribution in [0, 0.1) is 0 Å². The van der Waals surface area contributed by atoms with Gasteiger partial charge in [0, 0.05) is 57.7 Å². The number of nitrogens with zero attached hydrogens (tertiary/aromatic N) is 5. The van der Waals surface area contributed by atoms with Gasteiger partial charge in [-0.15, -0.1) is 0 Å². The number of carbonyl (C=O) groups excluding carboxylic acids is 1. The molecule has 2 N–H and O–H groups in total. The Balaban J connectivity index is 0.000000301. The predicted molar refractivity (Wildman–Crippen MR) is 118 cm³/mol. The molecule has 0 radical (unpaired) electrons. The fraction of sp³-hybridized carbons (Fsp3) is 0.500. The van der Waals surface area contributed by atoms with Crippen LogP contribution in [0.4, 0.5) is 26.3 Å². The molecule has 1 saturated heterocycles. The summed E-state index contributed by atoms with van der Waals surface area (Å²) < 4.78 is 65.4. The third-order valence-electron chi connectivity index (χ3n) is 5.56. The number of carbonyl (C=O) groups is 3. The van der Waals surface area contributed by atoms with E-state index in [1.807, 2.05) is 29.0 Å². The van der Waals surface area contributed by atoms with Crippen LogP contribution in [0.3, 0.4) is 0 Å². The zero-order chi connectivity index (χ0) is 28.7. The van der Waals surface area contributed by atoms with E-state index in [9.17, 15) is 31.1 Å². The number of carboxylic acid groups (broad SMARTS) is 2. The summed E-state index contributed by atoms with van der Waals surface area (Å²) in [5.41, 5.74) is 4.28. The molecule has 2 aromatic heterocycles. The lowest BCUT2D eigenvalue weighted by atomic mass is 10.0. The maximum absolute atomic E-state index is 12.7. The van der Waals surface area contributed by atoms with Crippen molar-refractivity contribution in [2.24, 2.45) is 7.05 Å². The van der Waals surface area contributed by atoms with E-state index >= 15 is 0 Å². The second-order valence-corrected chi connectivity index (χ2v) is 8.32. The molecule has 2 aliphatic heterocycles. The summed E-state index contributed by atoms with van der Waals surface area (Å²) in [6.07, 6.45) is -3.38. The minimum atomic E-state index is -5.08. The first-order chi connectivity index (χ1) is 17.6. The van der Waals surface area contributed by atoms with E-state index < -0.39 is 24.3 Å². The maximum atomic E-state index is 12.7. The van der Waals surface area contributed by atoms with Gasteiger partial charge >= 0.3 is 24.3 Å². The largest absolute Gasteiger partial charge is 0.490 e.